The molecule has 3 nitrogen and oxygen atoms in total. The van der Waals surface area contributed by atoms with E-state index in [2.05, 4.69) is 32.7 Å². The van der Waals surface area contributed by atoms with E-state index in [0.717, 1.165) is 36.5 Å². The molecule has 0 spiro atoms. The predicted octanol–water partition coefficient (Wildman–Crippen LogP) is 3.68. The quantitative estimate of drug-likeness (QED) is 0.773. The first-order chi connectivity index (χ1) is 8.93. The van der Waals surface area contributed by atoms with Gasteiger partial charge in [0.25, 0.3) is 0 Å². The van der Waals surface area contributed by atoms with Crippen LogP contribution in [0.25, 0.3) is 0 Å². The summed E-state index contributed by atoms with van der Waals surface area (Å²) in [6.07, 6.45) is 4.66. The number of aromatic nitrogens is 1. The maximum absolute atomic E-state index is 11.9. The Bertz CT molecular complexity index is 473. The Morgan fingerprint density at radius 2 is 2.26 bits per heavy atom. The van der Waals surface area contributed by atoms with Crippen LogP contribution in [0, 0.1) is 0 Å². The molecule has 1 atom stereocenters. The highest BCUT2D eigenvalue weighted by atomic mass is 32.1. The summed E-state index contributed by atoms with van der Waals surface area (Å²) in [6.45, 7) is 10.9. The van der Waals surface area contributed by atoms with Gasteiger partial charge in [-0.3, -0.25) is 4.79 Å². The summed E-state index contributed by atoms with van der Waals surface area (Å²) in [5.41, 5.74) is 1.18. The first kappa shape index (κ1) is 14.3. The second kappa shape index (κ2) is 5.45. The smallest absolute Gasteiger partial charge is 0.246 e. The van der Waals surface area contributed by atoms with Crippen molar-refractivity contribution in [2.75, 3.05) is 6.54 Å². The molecule has 104 valence electrons. The third-order valence-corrected chi connectivity index (χ3v) is 4.48. The van der Waals surface area contributed by atoms with Gasteiger partial charge in [-0.25, -0.2) is 4.98 Å². The number of carbonyl (C=O) groups is 1. The second-order valence-electron chi connectivity index (χ2n) is 6.07. The van der Waals surface area contributed by atoms with Gasteiger partial charge in [0.15, 0.2) is 0 Å². The zero-order valence-electron chi connectivity index (χ0n) is 12.0. The summed E-state index contributed by atoms with van der Waals surface area (Å²) in [5, 5.41) is 3.19. The Morgan fingerprint density at radius 3 is 2.84 bits per heavy atom. The Labute approximate surface area is 119 Å². The van der Waals surface area contributed by atoms with E-state index in [-0.39, 0.29) is 17.4 Å². The van der Waals surface area contributed by atoms with Crippen LogP contribution in [0.1, 0.15) is 56.8 Å². The lowest BCUT2D eigenvalue weighted by Gasteiger charge is -2.33. The van der Waals surface area contributed by atoms with Gasteiger partial charge in [0.1, 0.15) is 5.01 Å². The van der Waals surface area contributed by atoms with Crippen LogP contribution in [0.3, 0.4) is 0 Å². The topological polar surface area (TPSA) is 33.2 Å². The lowest BCUT2D eigenvalue weighted by atomic mass is 9.93. The standard InChI is InChI=1S/C15H22N2OS/c1-5-13(18)17-9-7-6-8-11(17)14-16-12(10-19-14)15(2,3)4/h5,10-11H,1,6-9H2,2-4H3/t11-/m1/s1. The predicted molar refractivity (Wildman–Crippen MR) is 79.3 cm³/mol. The third-order valence-electron chi connectivity index (χ3n) is 3.54. The fraction of sp³-hybridized carbons (Fsp3) is 0.600. The van der Waals surface area contributed by atoms with Crippen molar-refractivity contribution in [3.8, 4) is 0 Å². The van der Waals surface area contributed by atoms with E-state index in [0.29, 0.717) is 0 Å². The maximum atomic E-state index is 11.9. The SMILES string of the molecule is C=CC(=O)N1CCCC[C@@H]1c1nc(C(C)(C)C)cs1. The number of hydrogen-bond acceptors (Lipinski definition) is 3. The van der Waals surface area contributed by atoms with E-state index >= 15 is 0 Å². The summed E-state index contributed by atoms with van der Waals surface area (Å²) >= 11 is 1.68. The molecule has 1 aromatic rings. The fourth-order valence-electron chi connectivity index (χ4n) is 2.35. The van der Waals surface area contributed by atoms with Gasteiger partial charge in [-0.05, 0) is 25.3 Å². The van der Waals surface area contributed by atoms with E-state index in [4.69, 9.17) is 4.98 Å². The number of rotatable bonds is 2. The Hall–Kier alpha value is -1.16. The van der Waals surface area contributed by atoms with Crippen LogP contribution in [0.15, 0.2) is 18.0 Å². The molecule has 0 aliphatic carbocycles. The molecule has 0 unspecified atom stereocenters. The van der Waals surface area contributed by atoms with Crippen LogP contribution in [-0.4, -0.2) is 22.3 Å². The van der Waals surface area contributed by atoms with Crippen molar-refractivity contribution in [3.63, 3.8) is 0 Å². The van der Waals surface area contributed by atoms with E-state index < -0.39 is 0 Å². The van der Waals surface area contributed by atoms with Crippen molar-refractivity contribution in [3.05, 3.63) is 28.7 Å². The van der Waals surface area contributed by atoms with Gasteiger partial charge in [0.2, 0.25) is 5.91 Å². The van der Waals surface area contributed by atoms with Gasteiger partial charge in [-0.15, -0.1) is 11.3 Å². The van der Waals surface area contributed by atoms with Crippen LogP contribution < -0.4 is 0 Å². The molecule has 0 aromatic carbocycles. The van der Waals surface area contributed by atoms with E-state index in [1.165, 1.54) is 6.08 Å². The largest absolute Gasteiger partial charge is 0.330 e. The van der Waals surface area contributed by atoms with Crippen molar-refractivity contribution in [1.82, 2.24) is 9.88 Å². The van der Waals surface area contributed by atoms with E-state index in [1.807, 2.05) is 4.90 Å². The highest BCUT2D eigenvalue weighted by Gasteiger charge is 2.29. The lowest BCUT2D eigenvalue weighted by molar-refractivity contribution is -0.129. The van der Waals surface area contributed by atoms with Crippen LogP contribution in [-0.2, 0) is 10.2 Å². The lowest BCUT2D eigenvalue weighted by Crippen LogP contribution is -2.37. The molecule has 1 saturated heterocycles. The second-order valence-corrected chi connectivity index (χ2v) is 6.96. The Balaban J connectivity index is 2.25. The number of carbonyl (C=O) groups excluding carboxylic acids is 1. The molecule has 1 aliphatic heterocycles. The molecule has 2 heterocycles. The van der Waals surface area contributed by atoms with Crippen molar-refractivity contribution >= 4 is 17.2 Å². The van der Waals surface area contributed by atoms with Crippen molar-refractivity contribution in [2.45, 2.75) is 51.5 Å². The summed E-state index contributed by atoms with van der Waals surface area (Å²) in [6, 6.07) is 0.139. The Kier molecular flexibility index (Phi) is 4.09. The molecule has 0 bridgehead atoms. The molecule has 1 amide bonds. The van der Waals surface area contributed by atoms with Gasteiger partial charge in [0.05, 0.1) is 11.7 Å². The van der Waals surface area contributed by atoms with Crippen molar-refractivity contribution in [2.24, 2.45) is 0 Å². The van der Waals surface area contributed by atoms with Crippen LogP contribution in [0.2, 0.25) is 0 Å². The highest BCUT2D eigenvalue weighted by Crippen LogP contribution is 2.35. The molecule has 1 fully saturated rings. The van der Waals surface area contributed by atoms with Gasteiger partial charge in [0, 0.05) is 17.3 Å². The first-order valence-corrected chi connectivity index (χ1v) is 7.70. The number of amides is 1. The minimum atomic E-state index is 0.0252. The molecule has 1 aromatic heterocycles. The summed E-state index contributed by atoms with van der Waals surface area (Å²) in [4.78, 5) is 18.6. The summed E-state index contributed by atoms with van der Waals surface area (Å²) in [7, 11) is 0. The maximum Gasteiger partial charge on any atom is 0.246 e. The molecular formula is C15H22N2OS. The molecule has 1 aliphatic rings. The third kappa shape index (κ3) is 3.06. The average molecular weight is 278 g/mol. The molecule has 4 heteroatoms. The van der Waals surface area contributed by atoms with Crippen molar-refractivity contribution < 1.29 is 4.79 Å². The van der Waals surface area contributed by atoms with Crippen molar-refractivity contribution in [1.29, 1.82) is 0 Å². The number of likely N-dealkylation sites (tertiary alicyclic amines) is 1. The van der Waals surface area contributed by atoms with E-state index in [9.17, 15) is 4.79 Å². The highest BCUT2D eigenvalue weighted by molar-refractivity contribution is 7.09. The first-order valence-electron chi connectivity index (χ1n) is 6.82. The zero-order chi connectivity index (χ0) is 14.0. The molecule has 19 heavy (non-hydrogen) atoms. The minimum absolute atomic E-state index is 0.0252. The van der Waals surface area contributed by atoms with Gasteiger partial charge >= 0.3 is 0 Å². The van der Waals surface area contributed by atoms with Crippen LogP contribution >= 0.6 is 11.3 Å². The zero-order valence-corrected chi connectivity index (χ0v) is 12.8. The molecule has 0 radical (unpaired) electrons. The summed E-state index contributed by atoms with van der Waals surface area (Å²) < 4.78 is 0. The van der Waals surface area contributed by atoms with Gasteiger partial charge in [-0.2, -0.15) is 0 Å². The van der Waals surface area contributed by atoms with Gasteiger partial charge < -0.3 is 4.90 Å². The molecule has 2 rings (SSSR count). The fourth-order valence-corrected chi connectivity index (χ4v) is 3.55. The monoisotopic (exact) mass is 278 g/mol. The van der Waals surface area contributed by atoms with Gasteiger partial charge in [-0.1, -0.05) is 27.4 Å². The minimum Gasteiger partial charge on any atom is -0.330 e. The summed E-state index contributed by atoms with van der Waals surface area (Å²) in [5.74, 6) is 0.0252. The molecule has 0 N–H and O–H groups in total. The molecule has 0 saturated carbocycles. The van der Waals surface area contributed by atoms with Crippen LogP contribution in [0.4, 0.5) is 0 Å². The number of thiazole rings is 1. The van der Waals surface area contributed by atoms with E-state index in [1.54, 1.807) is 11.3 Å². The number of hydrogen-bond donors (Lipinski definition) is 0. The average Bonchev–Trinajstić information content (AvgIpc) is 2.87. The number of piperidine rings is 1. The number of nitrogens with zero attached hydrogens (tertiary/aromatic N) is 2. The Morgan fingerprint density at radius 1 is 1.53 bits per heavy atom. The van der Waals surface area contributed by atoms with Crippen LogP contribution in [0.5, 0.6) is 0 Å². The molecular weight excluding hydrogens is 256 g/mol. The normalized spacial score (nSPS) is 20.4.